The maximum absolute atomic E-state index is 11.4. The van der Waals surface area contributed by atoms with Crippen LogP contribution in [0.1, 0.15) is 31.4 Å². The van der Waals surface area contributed by atoms with Gasteiger partial charge in [-0.15, -0.1) is 0 Å². The van der Waals surface area contributed by atoms with Crippen LogP contribution in [0.2, 0.25) is 0 Å². The molecule has 0 spiro atoms. The van der Waals surface area contributed by atoms with Gasteiger partial charge in [0.1, 0.15) is 5.60 Å². The largest absolute Gasteiger partial charge is 0.377 e. The standard InChI is InChI=1S/C21H25NO/c1-3-22(4-2)16-10-9-15-21(23)19-13-7-5-11-17(19)18-12-6-8-14-20(18)21/h5-9,11-15,23H,3-4,10,16H2,1-2H3/b15-9-. The summed E-state index contributed by atoms with van der Waals surface area (Å²) in [6, 6.07) is 16.3. The molecule has 23 heavy (non-hydrogen) atoms. The van der Waals surface area contributed by atoms with Gasteiger partial charge in [0.2, 0.25) is 0 Å². The molecular weight excluding hydrogens is 282 g/mol. The number of rotatable bonds is 6. The van der Waals surface area contributed by atoms with Gasteiger partial charge < -0.3 is 10.0 Å². The highest BCUT2D eigenvalue weighted by atomic mass is 16.3. The molecule has 0 saturated carbocycles. The minimum Gasteiger partial charge on any atom is -0.377 e. The van der Waals surface area contributed by atoms with E-state index in [1.807, 2.05) is 42.5 Å². The summed E-state index contributed by atoms with van der Waals surface area (Å²) in [5, 5.41) is 11.4. The third-order valence-corrected chi connectivity index (χ3v) is 4.83. The molecule has 1 aliphatic rings. The van der Waals surface area contributed by atoms with E-state index >= 15 is 0 Å². The van der Waals surface area contributed by atoms with Crippen molar-refractivity contribution in [1.82, 2.24) is 4.90 Å². The van der Waals surface area contributed by atoms with Crippen LogP contribution in [-0.2, 0) is 5.60 Å². The van der Waals surface area contributed by atoms with Crippen LogP contribution in [-0.4, -0.2) is 29.6 Å². The van der Waals surface area contributed by atoms with Gasteiger partial charge in [0, 0.05) is 6.54 Å². The molecule has 3 rings (SSSR count). The average Bonchev–Trinajstić information content (AvgIpc) is 2.86. The highest BCUT2D eigenvalue weighted by molar-refractivity contribution is 5.81. The van der Waals surface area contributed by atoms with Crippen molar-refractivity contribution >= 4 is 0 Å². The summed E-state index contributed by atoms with van der Waals surface area (Å²) in [4.78, 5) is 2.39. The average molecular weight is 307 g/mol. The number of hydrogen-bond donors (Lipinski definition) is 1. The van der Waals surface area contributed by atoms with Crippen LogP contribution in [0.5, 0.6) is 0 Å². The van der Waals surface area contributed by atoms with E-state index < -0.39 is 5.60 Å². The van der Waals surface area contributed by atoms with Gasteiger partial charge in [-0.25, -0.2) is 0 Å². The van der Waals surface area contributed by atoms with Crippen LogP contribution < -0.4 is 0 Å². The Morgan fingerprint density at radius 1 is 0.913 bits per heavy atom. The molecule has 2 heteroatoms. The Morgan fingerprint density at radius 3 is 1.96 bits per heavy atom. The Hall–Kier alpha value is -1.90. The van der Waals surface area contributed by atoms with Gasteiger partial charge >= 0.3 is 0 Å². The number of hydrogen-bond acceptors (Lipinski definition) is 2. The molecule has 0 aliphatic heterocycles. The van der Waals surface area contributed by atoms with Crippen molar-refractivity contribution in [3.8, 4) is 11.1 Å². The molecule has 0 heterocycles. The molecule has 1 aliphatic carbocycles. The summed E-state index contributed by atoms with van der Waals surface area (Å²) in [6.07, 6.45) is 5.05. The number of nitrogens with zero attached hydrogens (tertiary/aromatic N) is 1. The minimum absolute atomic E-state index is 0.953. The van der Waals surface area contributed by atoms with Crippen LogP contribution in [0.3, 0.4) is 0 Å². The van der Waals surface area contributed by atoms with Gasteiger partial charge in [0.15, 0.2) is 0 Å². The van der Waals surface area contributed by atoms with Crippen molar-refractivity contribution in [2.75, 3.05) is 19.6 Å². The van der Waals surface area contributed by atoms with Gasteiger partial charge in [0.05, 0.1) is 0 Å². The molecular formula is C21H25NO. The number of benzene rings is 2. The molecule has 0 aromatic heterocycles. The van der Waals surface area contributed by atoms with Crippen molar-refractivity contribution in [2.24, 2.45) is 0 Å². The lowest BCUT2D eigenvalue weighted by Gasteiger charge is -2.22. The van der Waals surface area contributed by atoms with E-state index in [0.29, 0.717) is 0 Å². The normalized spacial score (nSPS) is 15.1. The van der Waals surface area contributed by atoms with Gasteiger partial charge in [-0.2, -0.15) is 0 Å². The molecule has 0 bridgehead atoms. The predicted octanol–water partition coefficient (Wildman–Crippen LogP) is 4.19. The van der Waals surface area contributed by atoms with Crippen molar-refractivity contribution in [1.29, 1.82) is 0 Å². The Morgan fingerprint density at radius 2 is 1.43 bits per heavy atom. The van der Waals surface area contributed by atoms with E-state index in [4.69, 9.17) is 0 Å². The van der Waals surface area contributed by atoms with Gasteiger partial charge in [0.25, 0.3) is 0 Å². The molecule has 2 aromatic rings. The molecule has 2 aromatic carbocycles. The Balaban J connectivity index is 1.88. The SMILES string of the molecule is CCN(CC)CC/C=C\C1(O)c2ccccc2-c2ccccc21. The fraction of sp³-hybridized carbons (Fsp3) is 0.333. The van der Waals surface area contributed by atoms with E-state index in [1.54, 1.807) is 0 Å². The second kappa shape index (κ2) is 6.69. The summed E-state index contributed by atoms with van der Waals surface area (Å²) < 4.78 is 0. The Kier molecular flexibility index (Phi) is 4.65. The third kappa shape index (κ3) is 2.85. The first-order valence-electron chi connectivity index (χ1n) is 8.52. The maximum atomic E-state index is 11.4. The quantitative estimate of drug-likeness (QED) is 0.809. The lowest BCUT2D eigenvalue weighted by Crippen LogP contribution is -2.24. The summed E-state index contributed by atoms with van der Waals surface area (Å²) in [6.45, 7) is 7.54. The van der Waals surface area contributed by atoms with Gasteiger partial charge in [-0.05, 0) is 47.8 Å². The zero-order valence-corrected chi connectivity index (χ0v) is 14.0. The maximum Gasteiger partial charge on any atom is 0.134 e. The molecule has 0 radical (unpaired) electrons. The highest BCUT2D eigenvalue weighted by Crippen LogP contribution is 2.47. The van der Waals surface area contributed by atoms with E-state index in [0.717, 1.165) is 48.3 Å². The first-order chi connectivity index (χ1) is 11.2. The van der Waals surface area contributed by atoms with Gasteiger partial charge in [-0.1, -0.05) is 68.5 Å². The topological polar surface area (TPSA) is 23.5 Å². The van der Waals surface area contributed by atoms with Crippen LogP contribution in [0.4, 0.5) is 0 Å². The van der Waals surface area contributed by atoms with E-state index in [9.17, 15) is 5.11 Å². The van der Waals surface area contributed by atoms with Crippen molar-refractivity contribution in [3.63, 3.8) is 0 Å². The molecule has 0 unspecified atom stereocenters. The van der Waals surface area contributed by atoms with E-state index in [2.05, 4.69) is 37.0 Å². The van der Waals surface area contributed by atoms with Crippen LogP contribution >= 0.6 is 0 Å². The lowest BCUT2D eigenvalue weighted by molar-refractivity contribution is 0.139. The first kappa shape index (κ1) is 16.0. The van der Waals surface area contributed by atoms with Crippen LogP contribution in [0.15, 0.2) is 60.7 Å². The summed E-state index contributed by atoms with van der Waals surface area (Å²) in [7, 11) is 0. The summed E-state index contributed by atoms with van der Waals surface area (Å²) in [5.41, 5.74) is 3.25. The predicted molar refractivity (Wildman–Crippen MR) is 96.4 cm³/mol. The molecule has 1 N–H and O–H groups in total. The van der Waals surface area contributed by atoms with E-state index in [1.165, 1.54) is 0 Å². The molecule has 120 valence electrons. The van der Waals surface area contributed by atoms with E-state index in [-0.39, 0.29) is 0 Å². The van der Waals surface area contributed by atoms with Crippen molar-refractivity contribution in [2.45, 2.75) is 25.9 Å². The van der Waals surface area contributed by atoms with Crippen LogP contribution in [0.25, 0.3) is 11.1 Å². The summed E-state index contributed by atoms with van der Waals surface area (Å²) in [5.74, 6) is 0. The minimum atomic E-state index is -1.00. The number of aliphatic hydroxyl groups is 1. The summed E-state index contributed by atoms with van der Waals surface area (Å²) >= 11 is 0. The highest BCUT2D eigenvalue weighted by Gasteiger charge is 2.38. The third-order valence-electron chi connectivity index (χ3n) is 4.83. The monoisotopic (exact) mass is 307 g/mol. The lowest BCUT2D eigenvalue weighted by atomic mass is 9.91. The molecule has 0 amide bonds. The fourth-order valence-electron chi connectivity index (χ4n) is 3.48. The molecule has 0 fully saturated rings. The fourth-order valence-corrected chi connectivity index (χ4v) is 3.48. The number of fused-ring (bicyclic) bond motifs is 3. The first-order valence-corrected chi connectivity index (χ1v) is 8.52. The van der Waals surface area contributed by atoms with Crippen molar-refractivity contribution in [3.05, 3.63) is 71.8 Å². The molecule has 0 saturated heterocycles. The second-order valence-electron chi connectivity index (χ2n) is 6.08. The van der Waals surface area contributed by atoms with Gasteiger partial charge in [-0.3, -0.25) is 0 Å². The van der Waals surface area contributed by atoms with Crippen molar-refractivity contribution < 1.29 is 5.11 Å². The Labute approximate surface area is 139 Å². The molecule has 2 nitrogen and oxygen atoms in total. The smallest absolute Gasteiger partial charge is 0.134 e. The molecule has 0 atom stereocenters. The Bertz CT molecular complexity index is 655. The van der Waals surface area contributed by atoms with Crippen LogP contribution in [0, 0.1) is 0 Å². The second-order valence-corrected chi connectivity index (χ2v) is 6.08. The zero-order valence-electron chi connectivity index (χ0n) is 14.0. The zero-order chi connectivity index (χ0) is 16.3.